The van der Waals surface area contributed by atoms with Crippen LogP contribution in [0.4, 0.5) is 17.6 Å². The van der Waals surface area contributed by atoms with Gasteiger partial charge in [0.05, 0.1) is 32.5 Å². The number of ether oxygens (including phenoxy) is 2. The zero-order valence-electron chi connectivity index (χ0n) is 12.1. The van der Waals surface area contributed by atoms with E-state index in [-0.39, 0.29) is 24.4 Å². The molecule has 3 rings (SSSR count). The molecule has 7 nitrogen and oxygen atoms in total. The van der Waals surface area contributed by atoms with E-state index in [9.17, 15) is 22.4 Å². The summed E-state index contributed by atoms with van der Waals surface area (Å²) in [6.07, 6.45) is 0.933. The molecular formula is C12H14F4N4O3. The summed E-state index contributed by atoms with van der Waals surface area (Å²) in [4.78, 5) is 12.5. The number of methoxy groups -OCH3 is 1. The van der Waals surface area contributed by atoms with Crippen LogP contribution in [0, 0.1) is 0 Å². The van der Waals surface area contributed by atoms with Gasteiger partial charge in [-0.3, -0.25) is 4.79 Å². The number of hydrogen-bond acceptors (Lipinski definition) is 5. The average Bonchev–Trinajstić information content (AvgIpc) is 3.16. The summed E-state index contributed by atoms with van der Waals surface area (Å²) in [5.41, 5.74) is -0.278. The minimum atomic E-state index is -4.25. The second-order valence-corrected chi connectivity index (χ2v) is 5.53. The smallest absolute Gasteiger partial charge is 0.329 e. The maximum absolute atomic E-state index is 13.2. The molecule has 3 heterocycles. The molecule has 2 saturated heterocycles. The molecule has 0 unspecified atom stereocenters. The topological polar surface area (TPSA) is 69.5 Å². The second kappa shape index (κ2) is 5.41. The zero-order valence-corrected chi connectivity index (χ0v) is 12.1. The summed E-state index contributed by atoms with van der Waals surface area (Å²) >= 11 is 0. The van der Waals surface area contributed by atoms with Crippen molar-refractivity contribution in [3.8, 4) is 0 Å². The Morgan fingerprint density at radius 3 is 2.57 bits per heavy atom. The summed E-state index contributed by atoms with van der Waals surface area (Å²) in [5.74, 6) is -9.51. The van der Waals surface area contributed by atoms with Crippen LogP contribution in [0.2, 0.25) is 0 Å². The van der Waals surface area contributed by atoms with Crippen molar-refractivity contribution in [2.24, 2.45) is 0 Å². The van der Waals surface area contributed by atoms with Crippen molar-refractivity contribution in [3.05, 3.63) is 11.9 Å². The van der Waals surface area contributed by atoms with Crippen LogP contribution in [-0.2, 0) is 9.47 Å². The van der Waals surface area contributed by atoms with Gasteiger partial charge in [0.2, 0.25) is 0 Å². The average molecular weight is 338 g/mol. The first-order chi connectivity index (χ1) is 10.7. The number of aromatic nitrogens is 3. The first-order valence-electron chi connectivity index (χ1n) is 6.82. The van der Waals surface area contributed by atoms with E-state index in [0.717, 1.165) is 0 Å². The maximum atomic E-state index is 13.2. The van der Waals surface area contributed by atoms with Gasteiger partial charge in [-0.15, -0.1) is 5.10 Å². The highest BCUT2D eigenvalue weighted by atomic mass is 19.3. The molecule has 0 saturated carbocycles. The van der Waals surface area contributed by atoms with Crippen LogP contribution >= 0.6 is 0 Å². The van der Waals surface area contributed by atoms with E-state index in [1.165, 1.54) is 18.0 Å². The number of likely N-dealkylation sites (tertiary alicyclic amines) is 1. The predicted octanol–water partition coefficient (Wildman–Crippen LogP) is 0.591. The van der Waals surface area contributed by atoms with Crippen LogP contribution in [0.1, 0.15) is 16.5 Å². The molecule has 2 aliphatic rings. The fourth-order valence-electron chi connectivity index (χ4n) is 2.60. The molecule has 2 aliphatic heterocycles. The van der Waals surface area contributed by atoms with Crippen LogP contribution < -0.4 is 0 Å². The molecule has 1 aromatic heterocycles. The van der Waals surface area contributed by atoms with Gasteiger partial charge in [0.15, 0.2) is 5.69 Å². The van der Waals surface area contributed by atoms with Crippen molar-refractivity contribution in [2.75, 3.05) is 33.4 Å². The molecule has 0 bridgehead atoms. The summed E-state index contributed by atoms with van der Waals surface area (Å²) in [6, 6.07) is -0.324. The lowest BCUT2D eigenvalue weighted by Gasteiger charge is -2.15. The van der Waals surface area contributed by atoms with E-state index in [2.05, 4.69) is 10.3 Å². The fraction of sp³-hybridized carbons (Fsp3) is 0.750. The SMILES string of the molecule is CO[C@@H]1COC[C@H]1n1cc(C(=O)N2CC(F)(F)C(F)(F)C2)nn1. The number of hydrogen-bond donors (Lipinski definition) is 0. The zero-order chi connectivity index (χ0) is 16.8. The third kappa shape index (κ3) is 2.67. The van der Waals surface area contributed by atoms with E-state index in [0.29, 0.717) is 11.5 Å². The van der Waals surface area contributed by atoms with Gasteiger partial charge in [-0.25, -0.2) is 4.68 Å². The number of nitrogens with zero attached hydrogens (tertiary/aromatic N) is 4. The molecule has 0 radical (unpaired) electrons. The van der Waals surface area contributed by atoms with Crippen LogP contribution in [0.3, 0.4) is 0 Å². The van der Waals surface area contributed by atoms with Gasteiger partial charge in [0.1, 0.15) is 12.1 Å². The van der Waals surface area contributed by atoms with Crippen molar-refractivity contribution in [2.45, 2.75) is 24.0 Å². The van der Waals surface area contributed by atoms with Gasteiger partial charge in [0, 0.05) is 7.11 Å². The van der Waals surface area contributed by atoms with Crippen LogP contribution in [0.15, 0.2) is 6.20 Å². The Bertz CT molecular complexity index is 593. The van der Waals surface area contributed by atoms with E-state index in [4.69, 9.17) is 9.47 Å². The molecule has 0 aromatic carbocycles. The largest absolute Gasteiger partial charge is 0.377 e. The molecule has 2 fully saturated rings. The Morgan fingerprint density at radius 2 is 1.96 bits per heavy atom. The predicted molar refractivity (Wildman–Crippen MR) is 66.5 cm³/mol. The molecule has 0 aliphatic carbocycles. The quantitative estimate of drug-likeness (QED) is 0.755. The summed E-state index contributed by atoms with van der Waals surface area (Å²) in [6.45, 7) is -2.07. The lowest BCUT2D eigenvalue weighted by Crippen LogP contribution is -2.38. The number of alkyl halides is 4. The van der Waals surface area contributed by atoms with E-state index >= 15 is 0 Å². The Labute approximate surface area is 128 Å². The molecule has 2 atom stereocenters. The molecule has 23 heavy (non-hydrogen) atoms. The first kappa shape index (κ1) is 16.1. The number of amides is 1. The van der Waals surface area contributed by atoms with Crippen molar-refractivity contribution >= 4 is 5.91 Å². The molecule has 11 heteroatoms. The number of carbonyl (C=O) groups excluding carboxylic acids is 1. The highest BCUT2D eigenvalue weighted by Crippen LogP contribution is 2.41. The van der Waals surface area contributed by atoms with Crippen LogP contribution in [-0.4, -0.2) is 77.2 Å². The third-order valence-electron chi connectivity index (χ3n) is 3.97. The number of carbonyl (C=O) groups is 1. The van der Waals surface area contributed by atoms with Gasteiger partial charge in [0.25, 0.3) is 5.91 Å². The van der Waals surface area contributed by atoms with Gasteiger partial charge in [-0.05, 0) is 0 Å². The second-order valence-electron chi connectivity index (χ2n) is 5.53. The number of halogens is 4. The Morgan fingerprint density at radius 1 is 1.30 bits per heavy atom. The van der Waals surface area contributed by atoms with Crippen molar-refractivity contribution < 1.29 is 31.8 Å². The minimum Gasteiger partial charge on any atom is -0.377 e. The van der Waals surface area contributed by atoms with Gasteiger partial charge in [-0.2, -0.15) is 17.6 Å². The summed E-state index contributed by atoms with van der Waals surface area (Å²) < 4.78 is 64.5. The molecule has 1 amide bonds. The van der Waals surface area contributed by atoms with Gasteiger partial charge in [-0.1, -0.05) is 5.21 Å². The van der Waals surface area contributed by atoms with Gasteiger partial charge < -0.3 is 14.4 Å². The fourth-order valence-corrected chi connectivity index (χ4v) is 2.60. The summed E-state index contributed by atoms with van der Waals surface area (Å²) in [7, 11) is 1.49. The van der Waals surface area contributed by atoms with E-state index < -0.39 is 30.8 Å². The Kier molecular flexibility index (Phi) is 3.79. The maximum Gasteiger partial charge on any atom is 0.329 e. The van der Waals surface area contributed by atoms with Crippen LogP contribution in [0.5, 0.6) is 0 Å². The lowest BCUT2D eigenvalue weighted by molar-refractivity contribution is -0.172. The standard InChI is InChI=1S/C12H14F4N4O3/c1-22-9-4-23-3-8(9)20-2-7(17-18-20)10(21)19-5-11(13,14)12(15,16)6-19/h2,8-9H,3-6H2,1H3/t8-,9-/m1/s1. The van der Waals surface area contributed by atoms with E-state index in [1.54, 1.807) is 0 Å². The summed E-state index contributed by atoms with van der Waals surface area (Å²) in [5, 5.41) is 7.34. The minimum absolute atomic E-state index is 0.278. The highest BCUT2D eigenvalue weighted by Gasteiger charge is 2.64. The first-order valence-corrected chi connectivity index (χ1v) is 6.82. The molecule has 0 N–H and O–H groups in total. The highest BCUT2D eigenvalue weighted by molar-refractivity contribution is 5.92. The van der Waals surface area contributed by atoms with E-state index in [1.807, 2.05) is 0 Å². The normalized spacial score (nSPS) is 29.2. The van der Waals surface area contributed by atoms with Crippen molar-refractivity contribution in [1.82, 2.24) is 19.9 Å². The lowest BCUT2D eigenvalue weighted by atomic mass is 10.2. The van der Waals surface area contributed by atoms with Crippen molar-refractivity contribution in [3.63, 3.8) is 0 Å². The van der Waals surface area contributed by atoms with Crippen molar-refractivity contribution in [1.29, 1.82) is 0 Å². The molecule has 128 valence electrons. The molecular weight excluding hydrogens is 324 g/mol. The van der Waals surface area contributed by atoms with Gasteiger partial charge >= 0.3 is 11.8 Å². The van der Waals surface area contributed by atoms with Crippen LogP contribution in [0.25, 0.3) is 0 Å². The Hall–Kier alpha value is -1.75. The Balaban J connectivity index is 1.75. The molecule has 1 aromatic rings. The molecule has 0 spiro atoms. The monoisotopic (exact) mass is 338 g/mol. The number of rotatable bonds is 3. The third-order valence-corrected chi connectivity index (χ3v) is 3.97.